The van der Waals surface area contributed by atoms with Crippen molar-refractivity contribution in [3.05, 3.63) is 50.6 Å². The van der Waals surface area contributed by atoms with Crippen LogP contribution in [0.15, 0.2) is 24.3 Å². The average molecular weight is 308 g/mol. The Labute approximate surface area is 122 Å². The summed E-state index contributed by atoms with van der Waals surface area (Å²) in [6, 6.07) is 6.50. The monoisotopic (exact) mass is 308 g/mol. The molecule has 0 saturated carbocycles. The van der Waals surface area contributed by atoms with Crippen LogP contribution in [0.1, 0.15) is 23.5 Å². The topological polar surface area (TPSA) is 96.4 Å². The van der Waals surface area contributed by atoms with Crippen molar-refractivity contribution in [1.29, 1.82) is 5.26 Å². The van der Waals surface area contributed by atoms with Gasteiger partial charge in [0, 0.05) is 10.9 Å². The number of halogens is 1. The molecule has 0 aliphatic rings. The van der Waals surface area contributed by atoms with Gasteiger partial charge in [0.1, 0.15) is 0 Å². The second-order valence-electron chi connectivity index (χ2n) is 4.11. The molecule has 2 aromatic rings. The first-order valence-corrected chi connectivity index (χ1v) is 6.57. The highest BCUT2D eigenvalue weighted by Crippen LogP contribution is 2.42. The van der Waals surface area contributed by atoms with Crippen LogP contribution in [0, 0.1) is 27.3 Å². The molecule has 0 aliphatic heterocycles. The van der Waals surface area contributed by atoms with Crippen LogP contribution < -0.4 is 4.74 Å². The fraction of sp³-hybridized carbons (Fsp3) is 0.154. The van der Waals surface area contributed by atoms with Gasteiger partial charge in [-0.2, -0.15) is 5.26 Å². The van der Waals surface area contributed by atoms with Gasteiger partial charge in [0.25, 0.3) is 5.06 Å². The number of benzene rings is 1. The van der Waals surface area contributed by atoms with Crippen LogP contribution in [0.4, 0.5) is 10.1 Å². The zero-order valence-electron chi connectivity index (χ0n) is 10.7. The molecule has 0 amide bonds. The molecule has 0 radical (unpaired) electrons. The van der Waals surface area contributed by atoms with E-state index in [1.807, 2.05) is 0 Å². The molecule has 1 unspecified atom stereocenters. The van der Waals surface area contributed by atoms with E-state index in [2.05, 4.69) is 0 Å². The molecule has 2 rings (SSSR count). The summed E-state index contributed by atoms with van der Waals surface area (Å²) in [6.07, 6.45) is -0.892. The number of aliphatic hydroxyl groups excluding tert-OH is 1. The van der Waals surface area contributed by atoms with Crippen molar-refractivity contribution in [1.82, 2.24) is 0 Å². The maximum absolute atomic E-state index is 13.7. The van der Waals surface area contributed by atoms with Crippen LogP contribution in [-0.4, -0.2) is 10.0 Å². The normalized spacial score (nSPS) is 11.7. The van der Waals surface area contributed by atoms with E-state index in [-0.39, 0.29) is 22.1 Å². The van der Waals surface area contributed by atoms with Crippen LogP contribution in [0.5, 0.6) is 10.8 Å². The summed E-state index contributed by atoms with van der Waals surface area (Å²) >= 11 is 0.864. The molecular weight excluding hydrogens is 299 g/mol. The third-order valence-electron chi connectivity index (χ3n) is 2.57. The molecule has 0 fully saturated rings. The number of hydrogen-bond donors (Lipinski definition) is 1. The van der Waals surface area contributed by atoms with Gasteiger partial charge in [-0.3, -0.25) is 10.1 Å². The van der Waals surface area contributed by atoms with Gasteiger partial charge >= 0.3 is 5.69 Å². The summed E-state index contributed by atoms with van der Waals surface area (Å²) in [5.74, 6) is -1.02. The molecule has 1 heterocycles. The molecule has 0 saturated heterocycles. The van der Waals surface area contributed by atoms with Gasteiger partial charge in [0.05, 0.1) is 22.7 Å². The molecule has 0 aliphatic carbocycles. The van der Waals surface area contributed by atoms with Gasteiger partial charge in [-0.05, 0) is 25.1 Å². The Morgan fingerprint density at radius 3 is 2.76 bits per heavy atom. The minimum atomic E-state index is -0.892. The van der Waals surface area contributed by atoms with E-state index < -0.39 is 16.8 Å². The van der Waals surface area contributed by atoms with Gasteiger partial charge in [-0.15, -0.1) is 0 Å². The Kier molecular flexibility index (Phi) is 4.16. The zero-order valence-corrected chi connectivity index (χ0v) is 11.6. The first-order valence-electron chi connectivity index (χ1n) is 5.76. The lowest BCUT2D eigenvalue weighted by Gasteiger charge is -2.04. The minimum Gasteiger partial charge on any atom is -0.437 e. The summed E-state index contributed by atoms with van der Waals surface area (Å²) in [7, 11) is 0. The van der Waals surface area contributed by atoms with E-state index in [1.165, 1.54) is 25.1 Å². The number of nitrogens with zero attached hydrogens (tertiary/aromatic N) is 2. The lowest BCUT2D eigenvalue weighted by atomic mass is 10.2. The second-order valence-corrected chi connectivity index (χ2v) is 5.16. The molecule has 6 nitrogen and oxygen atoms in total. The van der Waals surface area contributed by atoms with E-state index >= 15 is 0 Å². The van der Waals surface area contributed by atoms with Gasteiger partial charge in [-0.25, -0.2) is 4.39 Å². The molecule has 21 heavy (non-hydrogen) atoms. The summed E-state index contributed by atoms with van der Waals surface area (Å²) in [5, 5.41) is 28.9. The number of nitriles is 1. The SMILES string of the molecule is CC(O)c1cc([N+](=O)[O-])c(Oc2ccc(C#N)cc2F)s1. The standard InChI is InChI=1S/C13H9FN2O4S/c1-7(17)12-5-10(16(18)19)13(21-12)20-11-3-2-8(6-15)4-9(11)14/h2-5,7,17H,1H3. The van der Waals surface area contributed by atoms with Crippen molar-refractivity contribution in [2.45, 2.75) is 13.0 Å². The fourth-order valence-electron chi connectivity index (χ4n) is 1.54. The highest BCUT2D eigenvalue weighted by Gasteiger charge is 2.23. The largest absolute Gasteiger partial charge is 0.437 e. The maximum atomic E-state index is 13.7. The van der Waals surface area contributed by atoms with Crippen LogP contribution in [0.2, 0.25) is 0 Å². The molecule has 1 aromatic heterocycles. The molecule has 1 atom stereocenters. The average Bonchev–Trinajstić information content (AvgIpc) is 2.85. The molecule has 1 aromatic carbocycles. The maximum Gasteiger partial charge on any atom is 0.323 e. The highest BCUT2D eigenvalue weighted by atomic mass is 32.1. The van der Waals surface area contributed by atoms with Crippen molar-refractivity contribution in [3.63, 3.8) is 0 Å². The predicted octanol–water partition coefficient (Wildman–Crippen LogP) is 3.51. The van der Waals surface area contributed by atoms with E-state index in [9.17, 15) is 19.6 Å². The Morgan fingerprint density at radius 1 is 1.52 bits per heavy atom. The molecule has 8 heteroatoms. The Balaban J connectivity index is 2.39. The van der Waals surface area contributed by atoms with Crippen LogP contribution in [0.25, 0.3) is 0 Å². The number of nitro groups is 1. The van der Waals surface area contributed by atoms with Crippen molar-refractivity contribution in [2.75, 3.05) is 0 Å². The molecular formula is C13H9FN2O4S. The smallest absolute Gasteiger partial charge is 0.323 e. The molecule has 108 valence electrons. The number of aliphatic hydroxyl groups is 1. The Bertz CT molecular complexity index is 736. The quantitative estimate of drug-likeness (QED) is 0.688. The number of ether oxygens (including phenoxy) is 1. The number of thiophene rings is 1. The van der Waals surface area contributed by atoms with Crippen molar-refractivity contribution in [3.8, 4) is 16.9 Å². The van der Waals surface area contributed by atoms with E-state index in [0.29, 0.717) is 4.88 Å². The predicted molar refractivity (Wildman–Crippen MR) is 72.8 cm³/mol. The first kappa shape index (κ1) is 14.9. The van der Waals surface area contributed by atoms with Crippen molar-refractivity contribution in [2.24, 2.45) is 0 Å². The number of rotatable bonds is 4. The molecule has 0 bridgehead atoms. The van der Waals surface area contributed by atoms with Gasteiger partial charge in [0.2, 0.25) is 0 Å². The third kappa shape index (κ3) is 3.16. The van der Waals surface area contributed by atoms with Gasteiger partial charge in [-0.1, -0.05) is 11.3 Å². The number of hydrogen-bond acceptors (Lipinski definition) is 6. The van der Waals surface area contributed by atoms with E-state index in [4.69, 9.17) is 10.00 Å². The van der Waals surface area contributed by atoms with Crippen molar-refractivity contribution < 1.29 is 19.2 Å². The van der Waals surface area contributed by atoms with E-state index in [0.717, 1.165) is 17.4 Å². The van der Waals surface area contributed by atoms with Crippen LogP contribution >= 0.6 is 11.3 Å². The van der Waals surface area contributed by atoms with Crippen LogP contribution in [0.3, 0.4) is 0 Å². The summed E-state index contributed by atoms with van der Waals surface area (Å²) in [4.78, 5) is 10.6. The molecule has 1 N–H and O–H groups in total. The van der Waals surface area contributed by atoms with Crippen molar-refractivity contribution >= 4 is 17.0 Å². The summed E-state index contributed by atoms with van der Waals surface area (Å²) in [6.45, 7) is 1.46. The second kappa shape index (κ2) is 5.87. The summed E-state index contributed by atoms with van der Waals surface area (Å²) in [5.41, 5.74) is -0.232. The highest BCUT2D eigenvalue weighted by molar-refractivity contribution is 7.14. The van der Waals surface area contributed by atoms with E-state index in [1.54, 1.807) is 6.07 Å². The fourth-order valence-corrected chi connectivity index (χ4v) is 2.47. The Hall–Kier alpha value is -2.50. The van der Waals surface area contributed by atoms with Gasteiger partial charge < -0.3 is 9.84 Å². The van der Waals surface area contributed by atoms with Crippen LogP contribution in [-0.2, 0) is 0 Å². The lowest BCUT2D eigenvalue weighted by Crippen LogP contribution is -1.91. The van der Waals surface area contributed by atoms with Gasteiger partial charge in [0.15, 0.2) is 11.6 Å². The minimum absolute atomic E-state index is 0.116. The Morgan fingerprint density at radius 2 is 2.24 bits per heavy atom. The third-order valence-corrected chi connectivity index (χ3v) is 3.74. The summed E-state index contributed by atoms with van der Waals surface area (Å²) < 4.78 is 18.9. The zero-order chi connectivity index (χ0) is 15.6. The first-order chi connectivity index (χ1) is 9.92. The lowest BCUT2D eigenvalue weighted by molar-refractivity contribution is -0.385. The molecule has 0 spiro atoms.